The average molecular weight is 421 g/mol. The minimum absolute atomic E-state index is 0.0582. The molecule has 0 N–H and O–H groups in total. The molecule has 5 nitrogen and oxygen atoms in total. The van der Waals surface area contributed by atoms with Gasteiger partial charge < -0.3 is 9.47 Å². The van der Waals surface area contributed by atoms with E-state index in [9.17, 15) is 9.18 Å². The molecule has 2 aliphatic heterocycles. The highest BCUT2D eigenvalue weighted by Crippen LogP contribution is 2.29. The van der Waals surface area contributed by atoms with E-state index in [1.54, 1.807) is 6.07 Å². The van der Waals surface area contributed by atoms with Crippen molar-refractivity contribution in [3.05, 3.63) is 45.7 Å². The van der Waals surface area contributed by atoms with Crippen molar-refractivity contribution in [3.63, 3.8) is 0 Å². The standard InChI is InChI=1S/C19H22BrFN4O/c20-16-11-14(21)7-8-15(16)19(26)24-9-4-5-13(12-24)18-23-22-17-6-2-1-3-10-25(17)18/h7-8,11,13H,1-6,9-10,12H2. The number of hydrogen-bond donors (Lipinski definition) is 0. The summed E-state index contributed by atoms with van der Waals surface area (Å²) in [4.78, 5) is 14.8. The molecule has 2 aromatic rings. The van der Waals surface area contributed by atoms with Crippen LogP contribution in [0.15, 0.2) is 22.7 Å². The zero-order valence-corrected chi connectivity index (χ0v) is 16.2. The second-order valence-corrected chi connectivity index (χ2v) is 8.01. The second-order valence-electron chi connectivity index (χ2n) is 7.15. The summed E-state index contributed by atoms with van der Waals surface area (Å²) in [5.74, 6) is 1.92. The number of piperidine rings is 1. The van der Waals surface area contributed by atoms with Gasteiger partial charge in [-0.1, -0.05) is 6.42 Å². The van der Waals surface area contributed by atoms with Gasteiger partial charge in [-0.2, -0.15) is 0 Å². The summed E-state index contributed by atoms with van der Waals surface area (Å²) in [7, 11) is 0. The third kappa shape index (κ3) is 3.41. The molecule has 1 atom stereocenters. The summed E-state index contributed by atoms with van der Waals surface area (Å²) in [6.07, 6.45) is 6.52. The summed E-state index contributed by atoms with van der Waals surface area (Å²) in [5, 5.41) is 8.88. The molecule has 1 unspecified atom stereocenters. The Morgan fingerprint density at radius 1 is 1.15 bits per heavy atom. The van der Waals surface area contributed by atoms with Gasteiger partial charge >= 0.3 is 0 Å². The number of benzene rings is 1. The Morgan fingerprint density at radius 3 is 2.88 bits per heavy atom. The number of halogens is 2. The highest BCUT2D eigenvalue weighted by atomic mass is 79.9. The number of aromatic nitrogens is 3. The lowest BCUT2D eigenvalue weighted by Gasteiger charge is -2.32. The van der Waals surface area contributed by atoms with Gasteiger partial charge in [-0.05, 0) is 59.8 Å². The van der Waals surface area contributed by atoms with Crippen LogP contribution in [0.3, 0.4) is 0 Å². The lowest BCUT2D eigenvalue weighted by Crippen LogP contribution is -2.40. The monoisotopic (exact) mass is 420 g/mol. The van der Waals surface area contributed by atoms with Crippen molar-refractivity contribution in [1.29, 1.82) is 0 Å². The van der Waals surface area contributed by atoms with Gasteiger partial charge in [-0.25, -0.2) is 4.39 Å². The van der Waals surface area contributed by atoms with Gasteiger partial charge in [-0.15, -0.1) is 10.2 Å². The van der Waals surface area contributed by atoms with E-state index in [-0.39, 0.29) is 17.6 Å². The molecule has 1 saturated heterocycles. The van der Waals surface area contributed by atoms with Crippen LogP contribution in [-0.2, 0) is 13.0 Å². The van der Waals surface area contributed by atoms with Crippen LogP contribution in [0.1, 0.15) is 60.0 Å². The minimum Gasteiger partial charge on any atom is -0.338 e. The van der Waals surface area contributed by atoms with Crippen molar-refractivity contribution in [2.24, 2.45) is 0 Å². The molecule has 0 saturated carbocycles. The molecule has 3 heterocycles. The van der Waals surface area contributed by atoms with Crippen molar-refractivity contribution in [2.75, 3.05) is 13.1 Å². The van der Waals surface area contributed by atoms with Crippen molar-refractivity contribution >= 4 is 21.8 Å². The van der Waals surface area contributed by atoms with Crippen LogP contribution in [-0.4, -0.2) is 38.7 Å². The van der Waals surface area contributed by atoms with Crippen molar-refractivity contribution in [3.8, 4) is 0 Å². The molecule has 4 rings (SSSR count). The van der Waals surface area contributed by atoms with Crippen LogP contribution in [0.2, 0.25) is 0 Å². The molecule has 138 valence electrons. The maximum atomic E-state index is 13.3. The van der Waals surface area contributed by atoms with Crippen molar-refractivity contribution in [1.82, 2.24) is 19.7 Å². The van der Waals surface area contributed by atoms with E-state index in [1.807, 2.05) is 4.90 Å². The Bertz CT molecular complexity index is 822. The zero-order chi connectivity index (χ0) is 18.1. The maximum Gasteiger partial charge on any atom is 0.255 e. The van der Waals surface area contributed by atoms with Gasteiger partial charge in [0.25, 0.3) is 5.91 Å². The first-order valence-electron chi connectivity index (χ1n) is 9.30. The summed E-state index contributed by atoms with van der Waals surface area (Å²) in [6, 6.07) is 4.22. The zero-order valence-electron chi connectivity index (χ0n) is 14.6. The van der Waals surface area contributed by atoms with Crippen LogP contribution in [0, 0.1) is 5.82 Å². The Labute approximate surface area is 160 Å². The van der Waals surface area contributed by atoms with E-state index in [0.717, 1.165) is 50.4 Å². The van der Waals surface area contributed by atoms with Gasteiger partial charge in [0.1, 0.15) is 17.5 Å². The number of fused-ring (bicyclic) bond motifs is 1. The molecule has 1 aromatic heterocycles. The highest BCUT2D eigenvalue weighted by Gasteiger charge is 2.30. The lowest BCUT2D eigenvalue weighted by molar-refractivity contribution is 0.0702. The first-order valence-corrected chi connectivity index (χ1v) is 10.1. The fourth-order valence-corrected chi connectivity index (χ4v) is 4.54. The molecular weight excluding hydrogens is 399 g/mol. The van der Waals surface area contributed by atoms with Gasteiger partial charge in [0, 0.05) is 36.4 Å². The number of rotatable bonds is 2. The lowest BCUT2D eigenvalue weighted by atomic mass is 9.96. The first-order chi connectivity index (χ1) is 12.6. The Morgan fingerprint density at radius 2 is 2.04 bits per heavy atom. The highest BCUT2D eigenvalue weighted by molar-refractivity contribution is 9.10. The third-order valence-corrected chi connectivity index (χ3v) is 6.03. The fraction of sp³-hybridized carbons (Fsp3) is 0.526. The number of likely N-dealkylation sites (tertiary alicyclic amines) is 1. The SMILES string of the molecule is O=C(c1ccc(F)cc1Br)N1CCCC(c2nnc3n2CCCCC3)C1. The van der Waals surface area contributed by atoms with E-state index < -0.39 is 0 Å². The quantitative estimate of drug-likeness (QED) is 0.739. The van der Waals surface area contributed by atoms with Crippen molar-refractivity contribution < 1.29 is 9.18 Å². The summed E-state index contributed by atoms with van der Waals surface area (Å²) in [5.41, 5.74) is 0.507. The van der Waals surface area contributed by atoms with Crippen LogP contribution in [0.25, 0.3) is 0 Å². The molecular formula is C19H22BrFN4O. The summed E-state index contributed by atoms with van der Waals surface area (Å²) < 4.78 is 16.1. The van der Waals surface area contributed by atoms with E-state index in [1.165, 1.54) is 25.0 Å². The number of nitrogens with zero attached hydrogens (tertiary/aromatic N) is 4. The number of hydrogen-bond acceptors (Lipinski definition) is 3. The predicted molar refractivity (Wildman–Crippen MR) is 99.6 cm³/mol. The summed E-state index contributed by atoms with van der Waals surface area (Å²) >= 11 is 3.31. The smallest absolute Gasteiger partial charge is 0.255 e. The fourth-order valence-electron chi connectivity index (χ4n) is 4.02. The Balaban J connectivity index is 1.54. The second kappa shape index (κ2) is 7.47. The predicted octanol–water partition coefficient (Wildman–Crippen LogP) is 3.93. The maximum absolute atomic E-state index is 13.3. The molecule has 7 heteroatoms. The normalized spacial score (nSPS) is 20.5. The van der Waals surface area contributed by atoms with E-state index in [0.29, 0.717) is 16.6 Å². The molecule has 0 bridgehead atoms. The van der Waals surface area contributed by atoms with Crippen LogP contribution in [0.5, 0.6) is 0 Å². The minimum atomic E-state index is -0.351. The van der Waals surface area contributed by atoms with Gasteiger partial charge in [0.15, 0.2) is 0 Å². The van der Waals surface area contributed by atoms with E-state index in [4.69, 9.17) is 0 Å². The molecule has 0 aliphatic carbocycles. The third-order valence-electron chi connectivity index (χ3n) is 5.37. The Kier molecular flexibility index (Phi) is 5.07. The van der Waals surface area contributed by atoms with E-state index >= 15 is 0 Å². The van der Waals surface area contributed by atoms with Gasteiger partial charge in [0.2, 0.25) is 0 Å². The molecule has 26 heavy (non-hydrogen) atoms. The summed E-state index contributed by atoms with van der Waals surface area (Å²) in [6.45, 7) is 2.34. The largest absolute Gasteiger partial charge is 0.338 e. The van der Waals surface area contributed by atoms with Crippen LogP contribution >= 0.6 is 15.9 Å². The number of carbonyl (C=O) groups is 1. The number of carbonyl (C=O) groups excluding carboxylic acids is 1. The van der Waals surface area contributed by atoms with Crippen LogP contribution in [0.4, 0.5) is 4.39 Å². The van der Waals surface area contributed by atoms with Gasteiger partial charge in [-0.3, -0.25) is 4.79 Å². The van der Waals surface area contributed by atoms with E-state index in [2.05, 4.69) is 30.7 Å². The first kappa shape index (κ1) is 17.6. The molecule has 1 amide bonds. The molecule has 1 aromatic carbocycles. The molecule has 0 radical (unpaired) electrons. The van der Waals surface area contributed by atoms with Crippen molar-refractivity contribution in [2.45, 2.75) is 51.0 Å². The number of amides is 1. The number of aryl methyl sites for hydroxylation is 1. The van der Waals surface area contributed by atoms with Gasteiger partial charge in [0.05, 0.1) is 5.56 Å². The topological polar surface area (TPSA) is 51.0 Å². The average Bonchev–Trinajstić information content (AvgIpc) is 2.90. The molecule has 1 fully saturated rings. The molecule has 0 spiro atoms. The molecule has 2 aliphatic rings. The Hall–Kier alpha value is -1.76. The van der Waals surface area contributed by atoms with Crippen LogP contribution < -0.4 is 0 Å².